The smallest absolute Gasteiger partial charge is 0.139 e. The summed E-state index contributed by atoms with van der Waals surface area (Å²) in [6.45, 7) is 4.43. The molecule has 0 heterocycles. The monoisotopic (exact) mass is 354 g/mol. The number of halogens is 1. The van der Waals surface area contributed by atoms with E-state index in [9.17, 15) is 4.39 Å². The topological polar surface area (TPSA) is 0 Å². The average molecular weight is 355 g/mol. The molecule has 0 amide bonds. The van der Waals surface area contributed by atoms with Gasteiger partial charge in [0.15, 0.2) is 0 Å². The van der Waals surface area contributed by atoms with Gasteiger partial charge in [-0.2, -0.15) is 0 Å². The van der Waals surface area contributed by atoms with Crippen LogP contribution in [0.3, 0.4) is 0 Å². The van der Waals surface area contributed by atoms with Gasteiger partial charge in [-0.3, -0.25) is 0 Å². The molecule has 1 aliphatic rings. The first-order valence-corrected chi connectivity index (χ1v) is 10.7. The van der Waals surface area contributed by atoms with Crippen molar-refractivity contribution in [3.8, 4) is 11.8 Å². The quantitative estimate of drug-likeness (QED) is 0.335. The summed E-state index contributed by atoms with van der Waals surface area (Å²) in [7, 11) is 0. The molecule has 0 atom stereocenters. The van der Waals surface area contributed by atoms with Gasteiger partial charge in [0.1, 0.15) is 5.82 Å². The van der Waals surface area contributed by atoms with Crippen LogP contribution in [0.15, 0.2) is 30.4 Å². The molecule has 1 fully saturated rings. The van der Waals surface area contributed by atoms with E-state index < -0.39 is 0 Å². The van der Waals surface area contributed by atoms with E-state index in [4.69, 9.17) is 0 Å². The van der Waals surface area contributed by atoms with Gasteiger partial charge in [-0.25, -0.2) is 4.39 Å². The third kappa shape index (κ3) is 7.36. The molecule has 0 unspecified atom stereocenters. The van der Waals surface area contributed by atoms with E-state index >= 15 is 0 Å². The van der Waals surface area contributed by atoms with Crippen LogP contribution in [-0.4, -0.2) is 0 Å². The minimum atomic E-state index is -0.188. The van der Waals surface area contributed by atoms with Crippen LogP contribution in [0, 0.1) is 29.5 Å². The van der Waals surface area contributed by atoms with Gasteiger partial charge < -0.3 is 0 Å². The Bertz CT molecular complexity index is 609. The minimum absolute atomic E-state index is 0.188. The summed E-state index contributed by atoms with van der Waals surface area (Å²) in [6.07, 6.45) is 18.2. The van der Waals surface area contributed by atoms with E-state index in [0.717, 1.165) is 30.7 Å². The number of aryl methyl sites for hydroxylation is 1. The summed E-state index contributed by atoms with van der Waals surface area (Å²) in [5.74, 6) is 7.42. The highest BCUT2D eigenvalue weighted by molar-refractivity contribution is 5.39. The lowest BCUT2D eigenvalue weighted by Gasteiger charge is -2.26. The summed E-state index contributed by atoms with van der Waals surface area (Å²) in [5.41, 5.74) is 1.58. The molecule has 0 aliphatic heterocycles. The van der Waals surface area contributed by atoms with Crippen molar-refractivity contribution in [2.75, 3.05) is 0 Å². The number of hydrogen-bond acceptors (Lipinski definition) is 0. The van der Waals surface area contributed by atoms with Crippen LogP contribution in [0.4, 0.5) is 4.39 Å². The first-order chi connectivity index (χ1) is 12.7. The fraction of sp³-hybridized carbons (Fsp3) is 0.600. The van der Waals surface area contributed by atoms with Crippen molar-refractivity contribution < 1.29 is 4.39 Å². The molecule has 1 aliphatic carbocycles. The van der Waals surface area contributed by atoms with Crippen molar-refractivity contribution in [2.45, 2.75) is 84.5 Å². The second-order valence-electron chi connectivity index (χ2n) is 7.82. The molecule has 1 aromatic carbocycles. The second kappa shape index (κ2) is 11.9. The van der Waals surface area contributed by atoms with Gasteiger partial charge in [0.25, 0.3) is 0 Å². The largest absolute Gasteiger partial charge is 0.206 e. The van der Waals surface area contributed by atoms with Gasteiger partial charge in [0, 0.05) is 0 Å². The zero-order valence-electron chi connectivity index (χ0n) is 16.7. The van der Waals surface area contributed by atoms with Crippen LogP contribution in [0.1, 0.15) is 89.2 Å². The number of hydrogen-bond donors (Lipinski definition) is 0. The number of benzene rings is 1. The van der Waals surface area contributed by atoms with Crippen molar-refractivity contribution >= 4 is 0 Å². The summed E-state index contributed by atoms with van der Waals surface area (Å²) in [5, 5.41) is 0. The Hall–Kier alpha value is -1.55. The molecule has 0 bridgehead atoms. The molecule has 0 nitrogen and oxygen atoms in total. The SMILES string of the molecule is CCCCC[C@H]1CC[C@H](/C=C/C#Cc2ccc(CCCC)cc2F)CC1. The lowest BCUT2D eigenvalue weighted by Crippen LogP contribution is -2.12. The average Bonchev–Trinajstić information content (AvgIpc) is 2.66. The molecular weight excluding hydrogens is 319 g/mol. The van der Waals surface area contributed by atoms with Crippen molar-refractivity contribution in [3.63, 3.8) is 0 Å². The third-order valence-electron chi connectivity index (χ3n) is 5.62. The van der Waals surface area contributed by atoms with Gasteiger partial charge in [0.2, 0.25) is 0 Å². The van der Waals surface area contributed by atoms with Crippen molar-refractivity contribution in [2.24, 2.45) is 11.8 Å². The summed E-state index contributed by atoms with van der Waals surface area (Å²) in [6, 6.07) is 5.47. The van der Waals surface area contributed by atoms with Gasteiger partial charge in [-0.15, -0.1) is 0 Å². The highest BCUT2D eigenvalue weighted by Crippen LogP contribution is 2.32. The molecule has 1 aromatic rings. The molecule has 2 rings (SSSR count). The molecule has 142 valence electrons. The lowest BCUT2D eigenvalue weighted by atomic mass is 9.79. The van der Waals surface area contributed by atoms with E-state index in [1.807, 2.05) is 18.2 Å². The highest BCUT2D eigenvalue weighted by Gasteiger charge is 2.18. The zero-order chi connectivity index (χ0) is 18.6. The van der Waals surface area contributed by atoms with Crippen LogP contribution >= 0.6 is 0 Å². The van der Waals surface area contributed by atoms with Crippen LogP contribution in [0.5, 0.6) is 0 Å². The molecule has 0 radical (unpaired) electrons. The van der Waals surface area contributed by atoms with E-state index in [1.165, 1.54) is 51.4 Å². The van der Waals surface area contributed by atoms with Gasteiger partial charge in [0.05, 0.1) is 5.56 Å². The Kier molecular flexibility index (Phi) is 9.54. The van der Waals surface area contributed by atoms with Crippen LogP contribution < -0.4 is 0 Å². The van der Waals surface area contributed by atoms with E-state index in [2.05, 4.69) is 31.8 Å². The minimum Gasteiger partial charge on any atom is -0.206 e. The molecule has 0 aromatic heterocycles. The predicted molar refractivity (Wildman–Crippen MR) is 111 cm³/mol. The second-order valence-corrected chi connectivity index (χ2v) is 7.82. The predicted octanol–water partition coefficient (Wildman–Crippen LogP) is 7.46. The lowest BCUT2D eigenvalue weighted by molar-refractivity contribution is 0.289. The van der Waals surface area contributed by atoms with Crippen LogP contribution in [0.2, 0.25) is 0 Å². The summed E-state index contributed by atoms with van der Waals surface area (Å²) in [4.78, 5) is 0. The first-order valence-electron chi connectivity index (χ1n) is 10.7. The van der Waals surface area contributed by atoms with Gasteiger partial charge in [-0.05, 0) is 74.1 Å². The maximum absolute atomic E-state index is 14.1. The van der Waals surface area contributed by atoms with E-state index in [0.29, 0.717) is 11.5 Å². The van der Waals surface area contributed by atoms with Crippen LogP contribution in [0.25, 0.3) is 0 Å². The standard InChI is InChI=1S/C25H35F/c1-3-5-7-11-21-14-16-22(17-15-21)12-8-9-13-24-19-18-23(10-6-4-2)20-25(24)26/h8,12,18-22H,3-7,10-11,14-17H2,1-2H3/b12-8+/t21-,22-. The Morgan fingerprint density at radius 3 is 2.50 bits per heavy atom. The van der Waals surface area contributed by atoms with Gasteiger partial charge >= 0.3 is 0 Å². The Balaban J connectivity index is 1.77. The van der Waals surface area contributed by atoms with Crippen molar-refractivity contribution in [1.29, 1.82) is 0 Å². The van der Waals surface area contributed by atoms with E-state index in [1.54, 1.807) is 6.07 Å². The molecule has 1 heteroatoms. The number of allylic oxidation sites excluding steroid dienone is 2. The molecule has 1 saturated carbocycles. The molecule has 0 spiro atoms. The Morgan fingerprint density at radius 1 is 1.04 bits per heavy atom. The third-order valence-corrected chi connectivity index (χ3v) is 5.62. The summed E-state index contributed by atoms with van der Waals surface area (Å²) >= 11 is 0. The maximum Gasteiger partial charge on any atom is 0.139 e. The molecule has 0 saturated heterocycles. The van der Waals surface area contributed by atoms with Crippen LogP contribution in [-0.2, 0) is 6.42 Å². The normalized spacial score (nSPS) is 20.1. The van der Waals surface area contributed by atoms with Crippen molar-refractivity contribution in [3.05, 3.63) is 47.3 Å². The highest BCUT2D eigenvalue weighted by atomic mass is 19.1. The first kappa shape index (κ1) is 20.8. The fourth-order valence-electron chi connectivity index (χ4n) is 3.85. The number of rotatable bonds is 8. The Morgan fingerprint density at radius 2 is 1.81 bits per heavy atom. The van der Waals surface area contributed by atoms with E-state index in [-0.39, 0.29) is 5.82 Å². The van der Waals surface area contributed by atoms with Crippen molar-refractivity contribution in [1.82, 2.24) is 0 Å². The maximum atomic E-state index is 14.1. The molecular formula is C25H35F. The molecule has 0 N–H and O–H groups in total. The zero-order valence-corrected chi connectivity index (χ0v) is 16.7. The van der Waals surface area contributed by atoms with Gasteiger partial charge in [-0.1, -0.05) is 69.9 Å². The molecule has 26 heavy (non-hydrogen) atoms. The summed E-state index contributed by atoms with van der Waals surface area (Å²) < 4.78 is 14.1. The fourth-order valence-corrected chi connectivity index (χ4v) is 3.85. The Labute approximate surface area is 160 Å². The number of unbranched alkanes of at least 4 members (excludes halogenated alkanes) is 3.